The molecule has 1 aliphatic carbocycles. The van der Waals surface area contributed by atoms with Crippen molar-refractivity contribution in [3.05, 3.63) is 0 Å². The van der Waals surface area contributed by atoms with Crippen molar-refractivity contribution < 1.29 is 35.3 Å². The van der Waals surface area contributed by atoms with Crippen LogP contribution in [0.3, 0.4) is 0 Å². The van der Waals surface area contributed by atoms with E-state index >= 15 is 0 Å². The van der Waals surface area contributed by atoms with Gasteiger partial charge in [-0.05, 0) is 0 Å². The Kier molecular flexibility index (Phi) is 1.86. The molecule has 2 rings (SSSR count). The minimum Gasteiger partial charge on any atom is -0.387 e. The first kappa shape index (κ1) is 9.28. The first-order valence-electron chi connectivity index (χ1n) is 3.78. The number of hydrogen-bond acceptors (Lipinski definition) is 7. The SMILES string of the molecule is O[C@@H]1[C@@H](O)[C@H](O)C2(OO2)[C@H](O)[C@H]1O. The summed E-state index contributed by atoms with van der Waals surface area (Å²) in [7, 11) is 0. The summed E-state index contributed by atoms with van der Waals surface area (Å²) >= 11 is 0. The Morgan fingerprint density at radius 1 is 0.692 bits per heavy atom. The van der Waals surface area contributed by atoms with Gasteiger partial charge in [0.2, 0.25) is 0 Å². The molecule has 1 saturated heterocycles. The Labute approximate surface area is 72.7 Å². The Morgan fingerprint density at radius 2 is 1.08 bits per heavy atom. The van der Waals surface area contributed by atoms with Crippen molar-refractivity contribution >= 4 is 0 Å². The molecule has 0 aromatic rings. The highest BCUT2D eigenvalue weighted by Crippen LogP contribution is 2.43. The van der Waals surface area contributed by atoms with Crippen LogP contribution in [-0.4, -0.2) is 61.8 Å². The summed E-state index contributed by atoms with van der Waals surface area (Å²) in [6.45, 7) is 0. The second-order valence-electron chi connectivity index (χ2n) is 3.25. The highest BCUT2D eigenvalue weighted by molar-refractivity contribution is 5.06. The maximum atomic E-state index is 9.30. The average Bonchev–Trinajstić information content (AvgIpc) is 2.91. The quantitative estimate of drug-likeness (QED) is 0.200. The molecule has 1 aliphatic heterocycles. The van der Waals surface area contributed by atoms with Crippen LogP contribution in [0.15, 0.2) is 0 Å². The van der Waals surface area contributed by atoms with Gasteiger partial charge in [-0.25, -0.2) is 0 Å². The summed E-state index contributed by atoms with van der Waals surface area (Å²) in [5, 5.41) is 46.1. The lowest BCUT2D eigenvalue weighted by Gasteiger charge is -2.37. The fourth-order valence-electron chi connectivity index (χ4n) is 1.47. The van der Waals surface area contributed by atoms with Crippen molar-refractivity contribution in [1.29, 1.82) is 0 Å². The first-order chi connectivity index (χ1) is 6.00. The third-order valence-electron chi connectivity index (χ3n) is 2.45. The van der Waals surface area contributed by atoms with E-state index in [-0.39, 0.29) is 0 Å². The van der Waals surface area contributed by atoms with Crippen LogP contribution in [0, 0.1) is 0 Å². The van der Waals surface area contributed by atoms with E-state index < -0.39 is 36.3 Å². The largest absolute Gasteiger partial charge is 0.387 e. The maximum Gasteiger partial charge on any atom is 0.290 e. The van der Waals surface area contributed by atoms with Crippen molar-refractivity contribution in [3.8, 4) is 0 Å². The van der Waals surface area contributed by atoms with Crippen LogP contribution in [0.4, 0.5) is 0 Å². The third kappa shape index (κ3) is 1.03. The third-order valence-corrected chi connectivity index (χ3v) is 2.45. The second-order valence-corrected chi connectivity index (χ2v) is 3.25. The zero-order valence-electron chi connectivity index (χ0n) is 6.44. The van der Waals surface area contributed by atoms with Gasteiger partial charge in [0.1, 0.15) is 30.5 Å². The van der Waals surface area contributed by atoms with E-state index in [1.54, 1.807) is 0 Å². The van der Waals surface area contributed by atoms with Gasteiger partial charge in [-0.3, -0.25) is 0 Å². The summed E-state index contributed by atoms with van der Waals surface area (Å²) < 4.78 is 0. The number of aliphatic hydroxyl groups excluding tert-OH is 5. The average molecular weight is 194 g/mol. The number of aliphatic hydroxyl groups is 5. The summed E-state index contributed by atoms with van der Waals surface area (Å²) in [5.74, 6) is -1.78. The van der Waals surface area contributed by atoms with Gasteiger partial charge in [0.15, 0.2) is 0 Å². The maximum absolute atomic E-state index is 9.30. The lowest BCUT2D eigenvalue weighted by atomic mass is 9.83. The van der Waals surface area contributed by atoms with Gasteiger partial charge in [0.25, 0.3) is 5.79 Å². The van der Waals surface area contributed by atoms with Gasteiger partial charge >= 0.3 is 0 Å². The molecule has 5 N–H and O–H groups in total. The fourth-order valence-corrected chi connectivity index (χ4v) is 1.47. The predicted octanol–water partition coefficient (Wildman–Crippen LogP) is -3.54. The van der Waals surface area contributed by atoms with Crippen molar-refractivity contribution in [3.63, 3.8) is 0 Å². The zero-order chi connectivity index (χ0) is 9.80. The smallest absolute Gasteiger partial charge is 0.290 e. The summed E-state index contributed by atoms with van der Waals surface area (Å²) in [4.78, 5) is 8.64. The van der Waals surface area contributed by atoms with Crippen molar-refractivity contribution in [2.45, 2.75) is 36.3 Å². The van der Waals surface area contributed by atoms with E-state index in [9.17, 15) is 20.4 Å². The van der Waals surface area contributed by atoms with Crippen LogP contribution in [0.1, 0.15) is 0 Å². The molecular weight excluding hydrogens is 184 g/mol. The molecule has 13 heavy (non-hydrogen) atoms. The molecule has 0 bridgehead atoms. The van der Waals surface area contributed by atoms with E-state index in [4.69, 9.17) is 5.11 Å². The summed E-state index contributed by atoms with van der Waals surface area (Å²) in [5.41, 5.74) is 0. The molecule has 1 saturated carbocycles. The standard InChI is InChI=1S/C6H10O7/c7-1-2(8)4(10)6(12-13-6)5(11)3(1)9/h1-5,7-11H/t1-,2-,3+,4+,5-. The van der Waals surface area contributed by atoms with E-state index in [1.165, 1.54) is 0 Å². The minimum absolute atomic E-state index is 1.58. The van der Waals surface area contributed by atoms with E-state index in [0.29, 0.717) is 0 Å². The number of hydrogen-bond donors (Lipinski definition) is 5. The molecule has 0 aromatic carbocycles. The molecular formula is C6H10O7. The number of rotatable bonds is 0. The predicted molar refractivity (Wildman–Crippen MR) is 34.9 cm³/mol. The van der Waals surface area contributed by atoms with Gasteiger partial charge in [-0.15, -0.1) is 0 Å². The molecule has 0 radical (unpaired) electrons. The molecule has 0 amide bonds. The van der Waals surface area contributed by atoms with E-state index in [2.05, 4.69) is 9.78 Å². The molecule has 2 fully saturated rings. The van der Waals surface area contributed by atoms with Crippen LogP contribution in [0.2, 0.25) is 0 Å². The van der Waals surface area contributed by atoms with Crippen molar-refractivity contribution in [2.24, 2.45) is 0 Å². The Hall–Kier alpha value is -0.280. The van der Waals surface area contributed by atoms with Gasteiger partial charge in [-0.1, -0.05) is 0 Å². The molecule has 76 valence electrons. The Morgan fingerprint density at radius 3 is 1.38 bits per heavy atom. The van der Waals surface area contributed by atoms with E-state index in [0.717, 1.165) is 0 Å². The Balaban J connectivity index is 2.24. The van der Waals surface area contributed by atoms with Crippen molar-refractivity contribution in [2.75, 3.05) is 0 Å². The summed E-state index contributed by atoms with van der Waals surface area (Å²) in [6, 6.07) is 0. The molecule has 7 nitrogen and oxygen atoms in total. The highest BCUT2D eigenvalue weighted by Gasteiger charge is 2.70. The van der Waals surface area contributed by atoms with Crippen LogP contribution in [0.25, 0.3) is 0 Å². The second kappa shape index (κ2) is 2.61. The first-order valence-corrected chi connectivity index (χ1v) is 3.78. The molecule has 1 spiro atoms. The monoisotopic (exact) mass is 194 g/mol. The molecule has 0 aromatic heterocycles. The van der Waals surface area contributed by atoms with Crippen LogP contribution in [0.5, 0.6) is 0 Å². The lowest BCUT2D eigenvalue weighted by molar-refractivity contribution is -0.215. The van der Waals surface area contributed by atoms with Gasteiger partial charge < -0.3 is 25.5 Å². The molecule has 1 heterocycles. The van der Waals surface area contributed by atoms with Crippen LogP contribution < -0.4 is 0 Å². The van der Waals surface area contributed by atoms with Crippen LogP contribution in [-0.2, 0) is 9.78 Å². The van der Waals surface area contributed by atoms with Gasteiger partial charge in [0.05, 0.1) is 0 Å². The molecule has 7 heteroatoms. The van der Waals surface area contributed by atoms with Crippen LogP contribution >= 0.6 is 0 Å². The highest BCUT2D eigenvalue weighted by atomic mass is 17.4. The van der Waals surface area contributed by atoms with Gasteiger partial charge in [0, 0.05) is 0 Å². The van der Waals surface area contributed by atoms with Crippen molar-refractivity contribution in [1.82, 2.24) is 0 Å². The zero-order valence-corrected chi connectivity index (χ0v) is 6.44. The van der Waals surface area contributed by atoms with Gasteiger partial charge in [-0.2, -0.15) is 9.78 Å². The molecule has 0 unspecified atom stereocenters. The minimum atomic E-state index is -1.78. The normalized spacial score (nSPS) is 53.8. The molecule has 2 aliphatic rings. The lowest BCUT2D eigenvalue weighted by Crippen LogP contribution is -2.65. The van der Waals surface area contributed by atoms with E-state index in [1.807, 2.05) is 0 Å². The fraction of sp³-hybridized carbons (Fsp3) is 1.00. The molecule has 5 atom stereocenters. The Bertz CT molecular complexity index is 197. The topological polar surface area (TPSA) is 126 Å². The summed E-state index contributed by atoms with van der Waals surface area (Å²) in [6.07, 6.45) is -8.01.